The highest BCUT2D eigenvalue weighted by Crippen LogP contribution is 2.03. The van der Waals surface area contributed by atoms with Gasteiger partial charge in [-0.25, -0.2) is 9.69 Å². The van der Waals surface area contributed by atoms with Gasteiger partial charge in [0.05, 0.1) is 6.54 Å². The fourth-order valence-electron chi connectivity index (χ4n) is 0.931. The normalized spacial score (nSPS) is 16.6. The molecule has 1 heterocycles. The van der Waals surface area contributed by atoms with Gasteiger partial charge in [0.15, 0.2) is 0 Å². The van der Waals surface area contributed by atoms with E-state index in [1.807, 2.05) is 0 Å². The number of carbonyl (C=O) groups excluding carboxylic acids is 3. The summed E-state index contributed by atoms with van der Waals surface area (Å²) in [6.07, 6.45) is 5.21. The first-order valence-electron chi connectivity index (χ1n) is 4.02. The number of nitrogens with zero attached hydrogens (tertiary/aromatic N) is 1. The molecule has 1 aliphatic rings. The van der Waals surface area contributed by atoms with Crippen molar-refractivity contribution in [1.82, 2.24) is 4.90 Å². The van der Waals surface area contributed by atoms with Gasteiger partial charge < -0.3 is 4.74 Å². The Morgan fingerprint density at radius 3 is 2.71 bits per heavy atom. The molecular weight excluding hydrogens is 186 g/mol. The molecule has 0 aliphatic carbocycles. The third kappa shape index (κ3) is 2.55. The summed E-state index contributed by atoms with van der Waals surface area (Å²) in [4.78, 5) is 33.0. The largest absolute Gasteiger partial charge is 0.447 e. The van der Waals surface area contributed by atoms with Crippen LogP contribution in [-0.2, 0) is 14.3 Å². The molecule has 5 heteroatoms. The number of cyclic esters (lactones) is 1. The van der Waals surface area contributed by atoms with Crippen molar-refractivity contribution in [2.75, 3.05) is 13.2 Å². The van der Waals surface area contributed by atoms with Crippen molar-refractivity contribution in [3.8, 4) is 0 Å². The molecule has 0 unspecified atom stereocenters. The van der Waals surface area contributed by atoms with Gasteiger partial charge in [0.2, 0.25) is 0 Å². The third-order valence-electron chi connectivity index (χ3n) is 1.57. The molecule has 1 saturated heterocycles. The lowest BCUT2D eigenvalue weighted by Crippen LogP contribution is -2.29. The summed E-state index contributed by atoms with van der Waals surface area (Å²) >= 11 is 0. The molecule has 0 radical (unpaired) electrons. The van der Waals surface area contributed by atoms with Crippen LogP contribution in [-0.4, -0.2) is 36.3 Å². The van der Waals surface area contributed by atoms with E-state index in [4.69, 9.17) is 0 Å². The van der Waals surface area contributed by atoms with E-state index in [0.717, 1.165) is 4.90 Å². The molecule has 14 heavy (non-hydrogen) atoms. The second kappa shape index (κ2) is 4.96. The Balaban J connectivity index is 2.49. The highest BCUT2D eigenvalue weighted by molar-refractivity contribution is 5.99. The summed E-state index contributed by atoms with van der Waals surface area (Å²) in [5.41, 5.74) is 0. The van der Waals surface area contributed by atoms with Gasteiger partial charge in [-0.05, 0) is 6.08 Å². The van der Waals surface area contributed by atoms with E-state index in [9.17, 15) is 14.4 Å². The minimum Gasteiger partial charge on any atom is -0.447 e. The number of rotatable bonds is 3. The minimum absolute atomic E-state index is 0.239. The van der Waals surface area contributed by atoms with Gasteiger partial charge >= 0.3 is 6.09 Å². The summed E-state index contributed by atoms with van der Waals surface area (Å²) in [6, 6.07) is 0. The van der Waals surface area contributed by atoms with Crippen molar-refractivity contribution < 1.29 is 19.1 Å². The Morgan fingerprint density at radius 2 is 2.14 bits per heavy atom. The number of amides is 2. The Labute approximate surface area is 80.6 Å². The number of carbonyl (C=O) groups is 3. The smallest absolute Gasteiger partial charge is 0.416 e. The molecule has 5 nitrogen and oxygen atoms in total. The Kier molecular flexibility index (Phi) is 3.60. The second-order valence-corrected chi connectivity index (χ2v) is 2.48. The summed E-state index contributed by atoms with van der Waals surface area (Å²) in [6.45, 7) is 0.516. The maximum atomic E-state index is 11.2. The first kappa shape index (κ1) is 10.2. The summed E-state index contributed by atoms with van der Waals surface area (Å²) in [5.74, 6) is -0.442. The van der Waals surface area contributed by atoms with Crippen LogP contribution in [0.5, 0.6) is 0 Å². The first-order chi connectivity index (χ1) is 6.75. The van der Waals surface area contributed by atoms with E-state index >= 15 is 0 Å². The van der Waals surface area contributed by atoms with Gasteiger partial charge in [0, 0.05) is 6.08 Å². The van der Waals surface area contributed by atoms with Crippen LogP contribution in [0.25, 0.3) is 0 Å². The molecule has 0 aromatic carbocycles. The van der Waals surface area contributed by atoms with E-state index in [0.29, 0.717) is 6.29 Å². The van der Waals surface area contributed by atoms with Crippen LogP contribution in [0, 0.1) is 0 Å². The Bertz CT molecular complexity index is 306. The topological polar surface area (TPSA) is 63.7 Å². The van der Waals surface area contributed by atoms with Gasteiger partial charge in [-0.15, -0.1) is 0 Å². The number of hydrogen-bond acceptors (Lipinski definition) is 4. The number of imide groups is 1. The molecule has 0 bridgehead atoms. The number of allylic oxidation sites excluding steroid dienone is 3. The van der Waals surface area contributed by atoms with Crippen molar-refractivity contribution in [3.05, 3.63) is 24.3 Å². The van der Waals surface area contributed by atoms with Crippen molar-refractivity contribution in [3.63, 3.8) is 0 Å². The molecule has 0 N–H and O–H groups in total. The number of hydrogen-bond donors (Lipinski definition) is 0. The molecule has 1 rings (SSSR count). The lowest BCUT2D eigenvalue weighted by Gasteiger charge is -2.05. The molecular formula is C9H9NO4. The van der Waals surface area contributed by atoms with Crippen LogP contribution >= 0.6 is 0 Å². The fourth-order valence-corrected chi connectivity index (χ4v) is 0.931. The monoisotopic (exact) mass is 195 g/mol. The highest BCUT2D eigenvalue weighted by atomic mass is 16.6. The van der Waals surface area contributed by atoms with Crippen LogP contribution in [0.3, 0.4) is 0 Å². The zero-order valence-electron chi connectivity index (χ0n) is 7.38. The predicted octanol–water partition coefficient (Wildman–Crippen LogP) is 0.276. The Morgan fingerprint density at radius 1 is 1.36 bits per heavy atom. The first-order valence-corrected chi connectivity index (χ1v) is 4.02. The highest BCUT2D eigenvalue weighted by Gasteiger charge is 2.26. The average molecular weight is 195 g/mol. The van der Waals surface area contributed by atoms with Crippen LogP contribution in [0.15, 0.2) is 24.3 Å². The maximum Gasteiger partial charge on any atom is 0.416 e. The average Bonchev–Trinajstić information content (AvgIpc) is 2.59. The minimum atomic E-state index is -0.626. The van der Waals surface area contributed by atoms with E-state index < -0.39 is 12.0 Å². The van der Waals surface area contributed by atoms with Crippen molar-refractivity contribution in [1.29, 1.82) is 0 Å². The van der Waals surface area contributed by atoms with Gasteiger partial charge in [-0.1, -0.05) is 12.2 Å². The third-order valence-corrected chi connectivity index (χ3v) is 1.57. The van der Waals surface area contributed by atoms with E-state index in [2.05, 4.69) is 4.74 Å². The van der Waals surface area contributed by atoms with Crippen molar-refractivity contribution in [2.45, 2.75) is 0 Å². The van der Waals surface area contributed by atoms with Crippen molar-refractivity contribution in [2.24, 2.45) is 0 Å². The number of aldehydes is 1. The lowest BCUT2D eigenvalue weighted by molar-refractivity contribution is -0.122. The molecule has 0 aromatic heterocycles. The summed E-state index contributed by atoms with van der Waals surface area (Å²) in [5, 5.41) is 0. The molecule has 0 aromatic rings. The zero-order valence-corrected chi connectivity index (χ0v) is 7.38. The van der Waals surface area contributed by atoms with Gasteiger partial charge in [0.1, 0.15) is 12.9 Å². The molecule has 1 fully saturated rings. The van der Waals surface area contributed by atoms with Crippen LogP contribution in [0.1, 0.15) is 0 Å². The van der Waals surface area contributed by atoms with Crippen LogP contribution in [0.4, 0.5) is 4.79 Å². The van der Waals surface area contributed by atoms with E-state index in [-0.39, 0.29) is 13.2 Å². The molecule has 74 valence electrons. The maximum absolute atomic E-state index is 11.2. The van der Waals surface area contributed by atoms with Crippen LogP contribution in [0.2, 0.25) is 0 Å². The van der Waals surface area contributed by atoms with Crippen LogP contribution < -0.4 is 0 Å². The zero-order chi connectivity index (χ0) is 10.4. The van der Waals surface area contributed by atoms with Gasteiger partial charge in [-0.3, -0.25) is 9.59 Å². The number of ether oxygens (including phenoxy) is 1. The molecule has 0 atom stereocenters. The lowest BCUT2D eigenvalue weighted by atomic mass is 10.4. The molecule has 1 aliphatic heterocycles. The standard InChI is InChI=1S/C9H9NO4/c11-6-3-1-2-4-8(12)10-5-7-14-9(10)13/h1-4,6H,5,7H2/b3-1+,4-2+. The Hall–Kier alpha value is -1.91. The SMILES string of the molecule is O=C/C=C/C=C/C(=O)N1CCOC1=O. The van der Waals surface area contributed by atoms with Gasteiger partial charge in [-0.2, -0.15) is 0 Å². The van der Waals surface area contributed by atoms with Gasteiger partial charge in [0.25, 0.3) is 5.91 Å². The fraction of sp³-hybridized carbons (Fsp3) is 0.222. The quantitative estimate of drug-likeness (QED) is 0.368. The van der Waals surface area contributed by atoms with E-state index in [1.54, 1.807) is 0 Å². The predicted molar refractivity (Wildman–Crippen MR) is 47.4 cm³/mol. The molecule has 2 amide bonds. The summed E-state index contributed by atoms with van der Waals surface area (Å²) in [7, 11) is 0. The summed E-state index contributed by atoms with van der Waals surface area (Å²) < 4.78 is 4.57. The molecule has 0 saturated carbocycles. The second-order valence-electron chi connectivity index (χ2n) is 2.48. The van der Waals surface area contributed by atoms with E-state index in [1.165, 1.54) is 24.3 Å². The van der Waals surface area contributed by atoms with Crippen molar-refractivity contribution >= 4 is 18.3 Å². The molecule has 0 spiro atoms.